The molecule has 3 aromatic rings. The predicted molar refractivity (Wildman–Crippen MR) is 107 cm³/mol. The van der Waals surface area contributed by atoms with Crippen LogP contribution in [-0.2, 0) is 0 Å². The van der Waals surface area contributed by atoms with Crippen LogP contribution in [-0.4, -0.2) is 18.1 Å². The molecule has 2 heterocycles. The summed E-state index contributed by atoms with van der Waals surface area (Å²) in [6, 6.07) is 13.4. The molecule has 0 radical (unpaired) electrons. The summed E-state index contributed by atoms with van der Waals surface area (Å²) in [6.07, 6.45) is -0.0440. The third kappa shape index (κ3) is 3.21. The van der Waals surface area contributed by atoms with Crippen LogP contribution in [0.5, 0.6) is 0 Å². The maximum Gasteiger partial charge on any atom is 0.326 e. The van der Waals surface area contributed by atoms with Crippen molar-refractivity contribution in [1.82, 2.24) is 4.98 Å². The van der Waals surface area contributed by atoms with Gasteiger partial charge >= 0.3 is 6.03 Å². The number of rotatable bonds is 3. The molecule has 0 saturated carbocycles. The van der Waals surface area contributed by atoms with Crippen molar-refractivity contribution in [3.8, 4) is 0 Å². The first-order valence-corrected chi connectivity index (χ1v) is 9.21. The monoisotopic (exact) mass is 365 g/mol. The number of nitrogens with zero attached hydrogens (tertiary/aromatic N) is 2. The summed E-state index contributed by atoms with van der Waals surface area (Å²) < 4.78 is 0. The first-order chi connectivity index (χ1) is 12.6. The molecular formula is C19H19N5OS. The molecule has 132 valence electrons. The van der Waals surface area contributed by atoms with E-state index in [0.29, 0.717) is 0 Å². The van der Waals surface area contributed by atoms with Crippen LogP contribution >= 0.6 is 11.3 Å². The lowest BCUT2D eigenvalue weighted by Gasteiger charge is -2.18. The van der Waals surface area contributed by atoms with Gasteiger partial charge in [0.25, 0.3) is 0 Å². The summed E-state index contributed by atoms with van der Waals surface area (Å²) in [7, 11) is 1.76. The predicted octanol–water partition coefficient (Wildman–Crippen LogP) is 4.66. The summed E-state index contributed by atoms with van der Waals surface area (Å²) in [5, 5.41) is 11.7. The molecule has 1 atom stereocenters. The van der Waals surface area contributed by atoms with Crippen molar-refractivity contribution in [1.29, 1.82) is 0 Å². The van der Waals surface area contributed by atoms with Gasteiger partial charge in [-0.25, -0.2) is 9.78 Å². The highest BCUT2D eigenvalue weighted by molar-refractivity contribution is 7.07. The van der Waals surface area contributed by atoms with Gasteiger partial charge in [0.15, 0.2) is 0 Å². The van der Waals surface area contributed by atoms with Crippen LogP contribution in [0.4, 0.5) is 27.5 Å². The Morgan fingerprint density at radius 1 is 1.15 bits per heavy atom. The molecule has 1 aliphatic heterocycles. The lowest BCUT2D eigenvalue weighted by atomic mass is 10.2. The van der Waals surface area contributed by atoms with Gasteiger partial charge in [0.1, 0.15) is 6.17 Å². The van der Waals surface area contributed by atoms with Gasteiger partial charge in [0, 0.05) is 23.8 Å². The highest BCUT2D eigenvalue weighted by atomic mass is 32.1. The molecule has 0 bridgehead atoms. The summed E-state index contributed by atoms with van der Waals surface area (Å²) in [6.45, 7) is 2.02. The Morgan fingerprint density at radius 3 is 2.65 bits per heavy atom. The van der Waals surface area contributed by atoms with Crippen molar-refractivity contribution in [3.63, 3.8) is 0 Å². The van der Waals surface area contributed by atoms with Gasteiger partial charge in [-0.2, -0.15) is 0 Å². The SMILES string of the molecule is Cc1ccc(N(C)C(=O)Nc2ccc3c(c2)NC(c2cscn2)N3)cc1. The van der Waals surface area contributed by atoms with Crippen LogP contribution < -0.4 is 20.9 Å². The van der Waals surface area contributed by atoms with Crippen molar-refractivity contribution in [2.24, 2.45) is 0 Å². The number of urea groups is 1. The topological polar surface area (TPSA) is 69.3 Å². The number of thiazole rings is 1. The molecule has 1 unspecified atom stereocenters. The van der Waals surface area contributed by atoms with E-state index in [0.717, 1.165) is 34.0 Å². The van der Waals surface area contributed by atoms with E-state index in [2.05, 4.69) is 20.9 Å². The normalized spacial score (nSPS) is 14.9. The maximum atomic E-state index is 12.5. The van der Waals surface area contributed by atoms with E-state index in [1.54, 1.807) is 23.3 Å². The van der Waals surface area contributed by atoms with E-state index in [-0.39, 0.29) is 12.2 Å². The fraction of sp³-hybridized carbons (Fsp3) is 0.158. The fourth-order valence-electron chi connectivity index (χ4n) is 2.82. The second-order valence-corrected chi connectivity index (χ2v) is 6.94. The number of aryl methyl sites for hydroxylation is 1. The first kappa shape index (κ1) is 16.4. The minimum absolute atomic E-state index is 0.0440. The number of amides is 2. The number of fused-ring (bicyclic) bond motifs is 1. The molecular weight excluding hydrogens is 346 g/mol. The molecule has 0 aliphatic carbocycles. The number of carbonyl (C=O) groups excluding carboxylic acids is 1. The van der Waals surface area contributed by atoms with Crippen molar-refractivity contribution < 1.29 is 4.79 Å². The van der Waals surface area contributed by atoms with Gasteiger partial charge in [0.05, 0.1) is 22.6 Å². The van der Waals surface area contributed by atoms with Crippen LogP contribution in [0.2, 0.25) is 0 Å². The summed E-state index contributed by atoms with van der Waals surface area (Å²) >= 11 is 1.57. The Morgan fingerprint density at radius 2 is 1.92 bits per heavy atom. The zero-order chi connectivity index (χ0) is 18.1. The number of anilines is 4. The van der Waals surface area contributed by atoms with Crippen molar-refractivity contribution in [2.45, 2.75) is 13.1 Å². The molecule has 26 heavy (non-hydrogen) atoms. The molecule has 0 spiro atoms. The van der Waals surface area contributed by atoms with E-state index in [9.17, 15) is 4.79 Å². The molecule has 1 aromatic heterocycles. The van der Waals surface area contributed by atoms with E-state index < -0.39 is 0 Å². The highest BCUT2D eigenvalue weighted by Crippen LogP contribution is 2.36. The van der Waals surface area contributed by atoms with Crippen molar-refractivity contribution >= 4 is 40.1 Å². The highest BCUT2D eigenvalue weighted by Gasteiger charge is 2.23. The van der Waals surface area contributed by atoms with Crippen molar-refractivity contribution in [2.75, 3.05) is 27.9 Å². The van der Waals surface area contributed by atoms with Gasteiger partial charge < -0.3 is 16.0 Å². The Kier molecular flexibility index (Phi) is 4.22. The standard InChI is InChI=1S/C19H19N5OS/c1-12-3-6-14(7-4-12)24(2)19(25)21-13-5-8-15-16(9-13)23-18(22-15)17-10-26-11-20-17/h3-11,18,22-23H,1-2H3,(H,21,25). The average Bonchev–Trinajstić information content (AvgIpc) is 3.30. The number of hydrogen-bond donors (Lipinski definition) is 3. The number of aromatic nitrogens is 1. The maximum absolute atomic E-state index is 12.5. The molecule has 4 rings (SSSR count). The van der Waals surface area contributed by atoms with Crippen molar-refractivity contribution in [3.05, 3.63) is 64.6 Å². The van der Waals surface area contributed by atoms with Crippen LogP contribution in [0.3, 0.4) is 0 Å². The zero-order valence-corrected chi connectivity index (χ0v) is 15.3. The summed E-state index contributed by atoms with van der Waals surface area (Å²) in [5.74, 6) is 0. The minimum atomic E-state index is -0.184. The molecule has 2 amide bonds. The van der Waals surface area contributed by atoms with Gasteiger partial charge in [-0.05, 0) is 37.3 Å². The smallest absolute Gasteiger partial charge is 0.326 e. The van der Waals surface area contributed by atoms with Gasteiger partial charge in [-0.1, -0.05) is 17.7 Å². The van der Waals surface area contributed by atoms with E-state index in [1.807, 2.05) is 60.3 Å². The molecule has 1 aliphatic rings. The Hall–Kier alpha value is -3.06. The number of hydrogen-bond acceptors (Lipinski definition) is 5. The Bertz CT molecular complexity index is 924. The van der Waals surface area contributed by atoms with Crippen LogP contribution in [0.1, 0.15) is 17.4 Å². The summed E-state index contributed by atoms with van der Waals surface area (Å²) in [4.78, 5) is 18.4. The third-order valence-electron chi connectivity index (χ3n) is 4.34. The number of benzene rings is 2. The zero-order valence-electron chi connectivity index (χ0n) is 14.5. The van der Waals surface area contributed by atoms with Crippen LogP contribution in [0.15, 0.2) is 53.4 Å². The molecule has 3 N–H and O–H groups in total. The van der Waals surface area contributed by atoms with E-state index in [1.165, 1.54) is 0 Å². The number of carbonyl (C=O) groups is 1. The second kappa shape index (κ2) is 6.68. The van der Waals surface area contributed by atoms with E-state index >= 15 is 0 Å². The fourth-order valence-corrected chi connectivity index (χ4v) is 3.40. The lowest BCUT2D eigenvalue weighted by molar-refractivity contribution is 0.258. The Balaban J connectivity index is 1.46. The van der Waals surface area contributed by atoms with E-state index in [4.69, 9.17) is 0 Å². The second-order valence-electron chi connectivity index (χ2n) is 6.22. The summed E-state index contributed by atoms with van der Waals surface area (Å²) in [5.41, 5.74) is 7.45. The van der Waals surface area contributed by atoms with Crippen LogP contribution in [0, 0.1) is 6.92 Å². The largest absolute Gasteiger partial charge is 0.359 e. The molecule has 0 fully saturated rings. The van der Waals surface area contributed by atoms with Gasteiger partial charge in [-0.3, -0.25) is 4.90 Å². The Labute approximate surface area is 155 Å². The average molecular weight is 365 g/mol. The lowest BCUT2D eigenvalue weighted by Crippen LogP contribution is -2.31. The minimum Gasteiger partial charge on any atom is -0.359 e. The van der Waals surface area contributed by atoms with Gasteiger partial charge in [0.2, 0.25) is 0 Å². The van der Waals surface area contributed by atoms with Gasteiger partial charge in [-0.15, -0.1) is 11.3 Å². The molecule has 6 nitrogen and oxygen atoms in total. The number of nitrogens with one attached hydrogen (secondary N) is 3. The van der Waals surface area contributed by atoms with Crippen LogP contribution in [0.25, 0.3) is 0 Å². The molecule has 0 saturated heterocycles. The molecule has 7 heteroatoms. The quantitative estimate of drug-likeness (QED) is 0.632. The molecule has 2 aromatic carbocycles. The first-order valence-electron chi connectivity index (χ1n) is 8.27. The third-order valence-corrected chi connectivity index (χ3v) is 4.95.